The number of nitrogens with one attached hydrogen (secondary N) is 1. The van der Waals surface area contributed by atoms with Crippen LogP contribution in [0.5, 0.6) is 0 Å². The summed E-state index contributed by atoms with van der Waals surface area (Å²) in [6.45, 7) is 4.03. The summed E-state index contributed by atoms with van der Waals surface area (Å²) < 4.78 is 5.97. The molecule has 6 nitrogen and oxygen atoms in total. The number of hydrogen-bond acceptors (Lipinski definition) is 4. The highest BCUT2D eigenvalue weighted by Gasteiger charge is 2.14. The summed E-state index contributed by atoms with van der Waals surface area (Å²) in [5, 5.41) is 11.1. The fourth-order valence-corrected chi connectivity index (χ4v) is 5.15. The summed E-state index contributed by atoms with van der Waals surface area (Å²) in [7, 11) is 0. The number of aliphatic carboxylic acids is 1. The minimum absolute atomic E-state index is 0.0170. The minimum Gasteiger partial charge on any atom is -0.480 e. The number of ether oxygens (including phenoxy) is 1. The van der Waals surface area contributed by atoms with E-state index in [4.69, 9.17) is 9.84 Å². The SMILES string of the molecule is CC/C=C\C/C=C\C/C=C\C/C=C\CCCCC(CCCCCCCC(=O)NCC(=O)O)OC(=O)CCCCCCC/C=C\CCC. The van der Waals surface area contributed by atoms with Gasteiger partial charge in [0.15, 0.2) is 0 Å². The van der Waals surface area contributed by atoms with Gasteiger partial charge in [-0.25, -0.2) is 0 Å². The van der Waals surface area contributed by atoms with Crippen LogP contribution in [0.2, 0.25) is 0 Å². The average Bonchev–Trinajstić information content (AvgIpc) is 3.05. The van der Waals surface area contributed by atoms with Crippen LogP contribution in [-0.2, 0) is 19.1 Å². The Morgan fingerprint density at radius 1 is 0.574 bits per heavy atom. The number of hydrogen-bond donors (Lipinski definition) is 2. The Bertz CT molecular complexity index is 902. The molecule has 0 heterocycles. The number of carbonyl (C=O) groups is 3. The summed E-state index contributed by atoms with van der Waals surface area (Å²) in [5.41, 5.74) is 0. The smallest absolute Gasteiger partial charge is 0.322 e. The molecule has 0 saturated carbocycles. The lowest BCUT2D eigenvalue weighted by Crippen LogP contribution is -2.28. The molecule has 1 unspecified atom stereocenters. The second kappa shape index (κ2) is 36.0. The van der Waals surface area contributed by atoms with Gasteiger partial charge in [-0.05, 0) is 96.3 Å². The Balaban J connectivity index is 4.32. The van der Waals surface area contributed by atoms with Gasteiger partial charge in [0.25, 0.3) is 0 Å². The number of carboxylic acids is 1. The zero-order chi connectivity index (χ0) is 34.5. The third-order valence-corrected chi connectivity index (χ3v) is 7.90. The molecule has 0 bridgehead atoms. The van der Waals surface area contributed by atoms with Crippen molar-refractivity contribution in [3.8, 4) is 0 Å². The molecule has 0 aromatic rings. The van der Waals surface area contributed by atoms with Crippen LogP contribution in [0.3, 0.4) is 0 Å². The fourth-order valence-electron chi connectivity index (χ4n) is 5.15. The minimum atomic E-state index is -1.02. The van der Waals surface area contributed by atoms with Gasteiger partial charge in [-0.1, -0.05) is 120 Å². The molecule has 0 rings (SSSR count). The van der Waals surface area contributed by atoms with Crippen LogP contribution in [-0.4, -0.2) is 35.6 Å². The summed E-state index contributed by atoms with van der Waals surface area (Å²) in [6, 6.07) is 0. The molecule has 0 saturated heterocycles. The average molecular weight is 656 g/mol. The van der Waals surface area contributed by atoms with Gasteiger partial charge in [-0.2, -0.15) is 0 Å². The van der Waals surface area contributed by atoms with Crippen LogP contribution < -0.4 is 5.32 Å². The largest absolute Gasteiger partial charge is 0.480 e. The molecule has 0 aliphatic carbocycles. The first-order chi connectivity index (χ1) is 23.0. The molecule has 2 N–H and O–H groups in total. The monoisotopic (exact) mass is 656 g/mol. The molecule has 0 aromatic heterocycles. The van der Waals surface area contributed by atoms with Crippen molar-refractivity contribution in [3.05, 3.63) is 60.8 Å². The molecule has 47 heavy (non-hydrogen) atoms. The van der Waals surface area contributed by atoms with E-state index in [1.165, 1.54) is 32.1 Å². The maximum absolute atomic E-state index is 12.7. The molecule has 0 fully saturated rings. The van der Waals surface area contributed by atoms with Gasteiger partial charge in [0.05, 0.1) is 0 Å². The molecule has 268 valence electrons. The number of unbranched alkanes of at least 4 members (excludes halogenated alkanes) is 12. The summed E-state index contributed by atoms with van der Waals surface area (Å²) in [6.07, 6.45) is 46.2. The van der Waals surface area contributed by atoms with Crippen molar-refractivity contribution in [1.29, 1.82) is 0 Å². The van der Waals surface area contributed by atoms with Gasteiger partial charge < -0.3 is 15.2 Å². The van der Waals surface area contributed by atoms with Gasteiger partial charge in [-0.15, -0.1) is 0 Å². The Hall–Kier alpha value is -2.89. The van der Waals surface area contributed by atoms with Crippen molar-refractivity contribution in [2.24, 2.45) is 0 Å². The molecular formula is C41H69NO5. The van der Waals surface area contributed by atoms with Gasteiger partial charge in [0.2, 0.25) is 5.91 Å². The lowest BCUT2D eigenvalue weighted by Gasteiger charge is -2.18. The zero-order valence-electron chi connectivity index (χ0n) is 30.1. The van der Waals surface area contributed by atoms with E-state index in [0.717, 1.165) is 109 Å². The quantitative estimate of drug-likeness (QED) is 0.0417. The van der Waals surface area contributed by atoms with Gasteiger partial charge >= 0.3 is 11.9 Å². The van der Waals surface area contributed by atoms with Crippen LogP contribution in [0.1, 0.15) is 168 Å². The Kier molecular flexibility index (Phi) is 33.7. The zero-order valence-corrected chi connectivity index (χ0v) is 30.1. The molecule has 0 radical (unpaired) electrons. The third kappa shape index (κ3) is 35.8. The van der Waals surface area contributed by atoms with E-state index < -0.39 is 5.97 Å². The molecule has 0 aromatic carbocycles. The predicted molar refractivity (Wildman–Crippen MR) is 198 cm³/mol. The molecular weight excluding hydrogens is 586 g/mol. The van der Waals surface area contributed by atoms with E-state index in [0.29, 0.717) is 12.8 Å². The number of esters is 1. The van der Waals surface area contributed by atoms with E-state index in [1.807, 2.05) is 0 Å². The van der Waals surface area contributed by atoms with E-state index in [1.54, 1.807) is 0 Å². The highest BCUT2D eigenvalue weighted by Crippen LogP contribution is 2.18. The second-order valence-corrected chi connectivity index (χ2v) is 12.4. The maximum Gasteiger partial charge on any atom is 0.322 e. The van der Waals surface area contributed by atoms with Crippen molar-refractivity contribution in [2.45, 2.75) is 174 Å². The molecule has 0 aliphatic rings. The van der Waals surface area contributed by atoms with Gasteiger partial charge in [0, 0.05) is 12.8 Å². The summed E-state index contributed by atoms with van der Waals surface area (Å²) >= 11 is 0. The standard InChI is InChI=1S/C41H69NO5/c1-3-5-7-9-11-13-15-16-17-18-19-20-22-25-29-33-38(34-30-26-24-27-31-35-39(43)42-37-40(44)45)47-41(46)36-32-28-23-21-14-12-10-8-6-4-2/h5,7-8,10-11,13,16-17,19-20,38H,3-4,6,9,12,14-15,18,21-37H2,1-2H3,(H,42,43)(H,44,45)/b7-5-,10-8-,13-11-,17-16-,20-19-. The third-order valence-electron chi connectivity index (χ3n) is 7.90. The number of carboxylic acid groups (broad SMARTS) is 1. The van der Waals surface area contributed by atoms with Crippen molar-refractivity contribution in [3.63, 3.8) is 0 Å². The van der Waals surface area contributed by atoms with Gasteiger partial charge in [0.1, 0.15) is 12.6 Å². The predicted octanol–water partition coefficient (Wildman–Crippen LogP) is 11.3. The lowest BCUT2D eigenvalue weighted by molar-refractivity contribution is -0.150. The van der Waals surface area contributed by atoms with Crippen LogP contribution in [0.25, 0.3) is 0 Å². The number of amides is 1. The van der Waals surface area contributed by atoms with Crippen molar-refractivity contribution < 1.29 is 24.2 Å². The van der Waals surface area contributed by atoms with Crippen LogP contribution in [0.15, 0.2) is 60.8 Å². The Morgan fingerprint density at radius 3 is 1.66 bits per heavy atom. The molecule has 0 spiro atoms. The number of carbonyl (C=O) groups excluding carboxylic acids is 2. The molecule has 1 amide bonds. The maximum atomic E-state index is 12.7. The second-order valence-electron chi connectivity index (χ2n) is 12.4. The van der Waals surface area contributed by atoms with Gasteiger partial charge in [-0.3, -0.25) is 14.4 Å². The van der Waals surface area contributed by atoms with E-state index in [9.17, 15) is 14.4 Å². The summed E-state index contributed by atoms with van der Waals surface area (Å²) in [4.78, 5) is 34.9. The highest BCUT2D eigenvalue weighted by molar-refractivity contribution is 5.80. The highest BCUT2D eigenvalue weighted by atomic mass is 16.5. The lowest BCUT2D eigenvalue weighted by atomic mass is 10.0. The number of allylic oxidation sites excluding steroid dienone is 10. The van der Waals surface area contributed by atoms with Crippen molar-refractivity contribution in [2.75, 3.05) is 6.54 Å². The normalized spacial score (nSPS) is 12.7. The topological polar surface area (TPSA) is 92.7 Å². The fraction of sp³-hybridized carbons (Fsp3) is 0.683. The first kappa shape index (κ1) is 44.1. The number of rotatable bonds is 33. The van der Waals surface area contributed by atoms with E-state index in [2.05, 4.69) is 79.9 Å². The first-order valence-electron chi connectivity index (χ1n) is 18.9. The Labute approximate surface area is 288 Å². The van der Waals surface area contributed by atoms with Crippen molar-refractivity contribution in [1.82, 2.24) is 5.32 Å². The van der Waals surface area contributed by atoms with E-state index >= 15 is 0 Å². The van der Waals surface area contributed by atoms with Crippen LogP contribution in [0, 0.1) is 0 Å². The van der Waals surface area contributed by atoms with Crippen molar-refractivity contribution >= 4 is 17.8 Å². The Morgan fingerprint density at radius 2 is 1.04 bits per heavy atom. The molecule has 1 atom stereocenters. The van der Waals surface area contributed by atoms with E-state index in [-0.39, 0.29) is 24.5 Å². The first-order valence-corrected chi connectivity index (χ1v) is 18.9. The molecule has 6 heteroatoms. The molecule has 0 aliphatic heterocycles. The summed E-state index contributed by atoms with van der Waals surface area (Å²) in [5.74, 6) is -1.28. The van der Waals surface area contributed by atoms with Crippen LogP contribution in [0.4, 0.5) is 0 Å². The van der Waals surface area contributed by atoms with Crippen LogP contribution >= 0.6 is 0 Å².